The molecule has 3 heteroatoms. The summed E-state index contributed by atoms with van der Waals surface area (Å²) >= 11 is 5.92. The molecule has 0 bridgehead atoms. The minimum absolute atomic E-state index is 0.492. The Morgan fingerprint density at radius 2 is 2.07 bits per heavy atom. The SMILES string of the molecule is Clc1c[c]ccc1OCc1ccncc1. The van der Waals surface area contributed by atoms with Crippen molar-refractivity contribution in [2.45, 2.75) is 6.61 Å². The summed E-state index contributed by atoms with van der Waals surface area (Å²) in [6.45, 7) is 0.492. The molecule has 0 aliphatic heterocycles. The van der Waals surface area contributed by atoms with E-state index in [0.717, 1.165) is 5.56 Å². The second kappa shape index (κ2) is 4.80. The Balaban J connectivity index is 2.03. The molecule has 0 saturated carbocycles. The second-order valence-electron chi connectivity index (χ2n) is 3.00. The topological polar surface area (TPSA) is 22.1 Å². The van der Waals surface area contributed by atoms with Crippen LogP contribution in [-0.2, 0) is 6.61 Å². The first-order valence-electron chi connectivity index (χ1n) is 4.53. The fraction of sp³-hybridized carbons (Fsp3) is 0.0833. The Morgan fingerprint density at radius 1 is 1.27 bits per heavy atom. The maximum atomic E-state index is 5.92. The van der Waals surface area contributed by atoms with Crippen molar-refractivity contribution in [3.05, 3.63) is 59.4 Å². The average molecular weight is 219 g/mol. The summed E-state index contributed by atoms with van der Waals surface area (Å²) < 4.78 is 5.54. The van der Waals surface area contributed by atoms with E-state index >= 15 is 0 Å². The lowest BCUT2D eigenvalue weighted by Crippen LogP contribution is -1.95. The maximum Gasteiger partial charge on any atom is 0.138 e. The first kappa shape index (κ1) is 9.99. The highest BCUT2D eigenvalue weighted by molar-refractivity contribution is 6.32. The zero-order chi connectivity index (χ0) is 10.5. The van der Waals surface area contributed by atoms with Crippen molar-refractivity contribution in [2.24, 2.45) is 0 Å². The second-order valence-corrected chi connectivity index (χ2v) is 3.41. The molecular weight excluding hydrogens is 210 g/mol. The molecule has 1 radical (unpaired) electrons. The quantitative estimate of drug-likeness (QED) is 0.790. The van der Waals surface area contributed by atoms with E-state index in [1.54, 1.807) is 30.6 Å². The molecule has 2 rings (SSSR count). The first-order valence-corrected chi connectivity index (χ1v) is 4.91. The summed E-state index contributed by atoms with van der Waals surface area (Å²) in [6.07, 6.45) is 3.47. The number of ether oxygens (including phenoxy) is 1. The lowest BCUT2D eigenvalue weighted by Gasteiger charge is -2.06. The van der Waals surface area contributed by atoms with Crippen LogP contribution in [0, 0.1) is 6.07 Å². The van der Waals surface area contributed by atoms with E-state index in [1.165, 1.54) is 0 Å². The number of halogens is 1. The molecule has 75 valence electrons. The summed E-state index contributed by atoms with van der Waals surface area (Å²) in [7, 11) is 0. The molecule has 0 unspecified atom stereocenters. The van der Waals surface area contributed by atoms with Crippen LogP contribution in [0.15, 0.2) is 42.7 Å². The molecule has 0 spiro atoms. The Labute approximate surface area is 93.5 Å². The Hall–Kier alpha value is -1.54. The van der Waals surface area contributed by atoms with E-state index in [2.05, 4.69) is 11.1 Å². The van der Waals surface area contributed by atoms with Gasteiger partial charge < -0.3 is 4.74 Å². The molecule has 2 nitrogen and oxygen atoms in total. The fourth-order valence-electron chi connectivity index (χ4n) is 1.15. The van der Waals surface area contributed by atoms with Gasteiger partial charge in [0.15, 0.2) is 0 Å². The van der Waals surface area contributed by atoms with Gasteiger partial charge in [0.1, 0.15) is 12.4 Å². The van der Waals surface area contributed by atoms with Crippen molar-refractivity contribution in [3.8, 4) is 5.75 Å². The van der Waals surface area contributed by atoms with Gasteiger partial charge in [-0.1, -0.05) is 17.7 Å². The van der Waals surface area contributed by atoms with Crippen molar-refractivity contribution in [3.63, 3.8) is 0 Å². The van der Waals surface area contributed by atoms with E-state index in [1.807, 2.05) is 12.1 Å². The van der Waals surface area contributed by atoms with Crippen LogP contribution in [0.5, 0.6) is 5.75 Å². The maximum absolute atomic E-state index is 5.92. The zero-order valence-corrected chi connectivity index (χ0v) is 8.74. The molecule has 0 N–H and O–H groups in total. The number of hydrogen-bond acceptors (Lipinski definition) is 2. The molecular formula is C12H9ClNO. The molecule has 0 fully saturated rings. The van der Waals surface area contributed by atoms with Crippen LogP contribution in [0.3, 0.4) is 0 Å². The molecule has 0 saturated heterocycles. The van der Waals surface area contributed by atoms with E-state index in [9.17, 15) is 0 Å². The van der Waals surface area contributed by atoms with Crippen LogP contribution in [0.4, 0.5) is 0 Å². The zero-order valence-electron chi connectivity index (χ0n) is 7.98. The van der Waals surface area contributed by atoms with Crippen LogP contribution in [0.2, 0.25) is 5.02 Å². The molecule has 2 aromatic rings. The molecule has 15 heavy (non-hydrogen) atoms. The van der Waals surface area contributed by atoms with Gasteiger partial charge in [0.2, 0.25) is 0 Å². The fourth-order valence-corrected chi connectivity index (χ4v) is 1.33. The third-order valence-electron chi connectivity index (χ3n) is 1.92. The Bertz CT molecular complexity index is 431. The summed E-state index contributed by atoms with van der Waals surface area (Å²) in [6, 6.07) is 11.9. The molecule has 1 aromatic heterocycles. The van der Waals surface area contributed by atoms with Crippen LogP contribution in [0.25, 0.3) is 0 Å². The highest BCUT2D eigenvalue weighted by Gasteiger charge is 1.99. The molecule has 0 atom stereocenters. The molecule has 1 aromatic carbocycles. The van der Waals surface area contributed by atoms with Gasteiger partial charge in [0, 0.05) is 12.4 Å². The van der Waals surface area contributed by atoms with E-state index in [4.69, 9.17) is 16.3 Å². The van der Waals surface area contributed by atoms with Crippen molar-refractivity contribution < 1.29 is 4.74 Å². The van der Waals surface area contributed by atoms with E-state index < -0.39 is 0 Å². The van der Waals surface area contributed by atoms with Gasteiger partial charge in [-0.05, 0) is 35.9 Å². The Morgan fingerprint density at radius 3 is 2.80 bits per heavy atom. The monoisotopic (exact) mass is 218 g/mol. The van der Waals surface area contributed by atoms with Crippen molar-refractivity contribution in [2.75, 3.05) is 0 Å². The molecule has 1 heterocycles. The molecule has 0 aliphatic rings. The van der Waals surface area contributed by atoms with Crippen LogP contribution < -0.4 is 4.74 Å². The Kier molecular flexibility index (Phi) is 3.20. The summed E-state index contributed by atoms with van der Waals surface area (Å²) in [4.78, 5) is 3.93. The van der Waals surface area contributed by atoms with Crippen LogP contribution in [0.1, 0.15) is 5.56 Å². The van der Waals surface area contributed by atoms with Gasteiger partial charge in [-0.15, -0.1) is 0 Å². The predicted octanol–water partition coefficient (Wildman–Crippen LogP) is 3.11. The standard InChI is InChI=1S/C12H9ClNO/c13-11-3-1-2-4-12(11)15-9-10-5-7-14-8-6-10/h2-8H,9H2. The lowest BCUT2D eigenvalue weighted by molar-refractivity contribution is 0.306. The van der Waals surface area contributed by atoms with Gasteiger partial charge in [-0.25, -0.2) is 0 Å². The van der Waals surface area contributed by atoms with Gasteiger partial charge in [-0.3, -0.25) is 4.98 Å². The lowest BCUT2D eigenvalue weighted by atomic mass is 10.3. The van der Waals surface area contributed by atoms with Crippen molar-refractivity contribution in [1.29, 1.82) is 0 Å². The number of nitrogens with zero attached hydrogens (tertiary/aromatic N) is 1. The van der Waals surface area contributed by atoms with Crippen molar-refractivity contribution in [1.82, 2.24) is 4.98 Å². The normalized spacial score (nSPS) is 9.93. The third-order valence-corrected chi connectivity index (χ3v) is 2.22. The van der Waals surface area contributed by atoms with E-state index in [0.29, 0.717) is 17.4 Å². The summed E-state index contributed by atoms with van der Waals surface area (Å²) in [5.74, 6) is 0.673. The average Bonchev–Trinajstić information content (AvgIpc) is 2.29. The summed E-state index contributed by atoms with van der Waals surface area (Å²) in [5.41, 5.74) is 1.06. The summed E-state index contributed by atoms with van der Waals surface area (Å²) in [5, 5.41) is 0.576. The van der Waals surface area contributed by atoms with E-state index in [-0.39, 0.29) is 0 Å². The minimum atomic E-state index is 0.492. The molecule has 0 amide bonds. The molecule has 0 aliphatic carbocycles. The first-order chi connectivity index (χ1) is 7.36. The highest BCUT2D eigenvalue weighted by Crippen LogP contribution is 2.23. The van der Waals surface area contributed by atoms with Gasteiger partial charge in [0.05, 0.1) is 5.02 Å². The predicted molar refractivity (Wildman–Crippen MR) is 58.9 cm³/mol. The smallest absolute Gasteiger partial charge is 0.138 e. The number of benzene rings is 1. The minimum Gasteiger partial charge on any atom is -0.487 e. The van der Waals surface area contributed by atoms with Gasteiger partial charge >= 0.3 is 0 Å². The van der Waals surface area contributed by atoms with Crippen LogP contribution >= 0.6 is 11.6 Å². The third kappa shape index (κ3) is 2.70. The number of pyridine rings is 1. The number of aromatic nitrogens is 1. The number of hydrogen-bond donors (Lipinski definition) is 0. The number of rotatable bonds is 3. The largest absolute Gasteiger partial charge is 0.487 e. The van der Waals surface area contributed by atoms with Crippen LogP contribution in [-0.4, -0.2) is 4.98 Å². The van der Waals surface area contributed by atoms with Gasteiger partial charge in [-0.2, -0.15) is 0 Å². The van der Waals surface area contributed by atoms with Gasteiger partial charge in [0.25, 0.3) is 0 Å². The van der Waals surface area contributed by atoms with Crippen molar-refractivity contribution >= 4 is 11.6 Å². The highest BCUT2D eigenvalue weighted by atomic mass is 35.5.